The van der Waals surface area contributed by atoms with Crippen molar-refractivity contribution in [2.75, 3.05) is 5.32 Å². The van der Waals surface area contributed by atoms with E-state index in [4.69, 9.17) is 0 Å². The molecule has 1 amide bonds. The summed E-state index contributed by atoms with van der Waals surface area (Å²) in [5.41, 5.74) is 0.754. The summed E-state index contributed by atoms with van der Waals surface area (Å²) in [6.45, 7) is 2.04. The fourth-order valence-corrected chi connectivity index (χ4v) is 3.11. The summed E-state index contributed by atoms with van der Waals surface area (Å²) in [6.07, 6.45) is 0.607. The fourth-order valence-electron chi connectivity index (χ4n) is 2.75. The second kappa shape index (κ2) is 5.91. The Bertz CT molecular complexity index is 785. The molecule has 0 saturated carbocycles. The highest BCUT2D eigenvalue weighted by Gasteiger charge is 2.46. The molecule has 0 bridgehead atoms. The molecule has 2 aromatic rings. The van der Waals surface area contributed by atoms with Crippen molar-refractivity contribution in [1.82, 2.24) is 0 Å². The monoisotopic (exact) mass is 373 g/mol. The number of halogens is 1. The molecular weight excluding hydrogens is 358 g/mol. The maximum atomic E-state index is 12.5. The molecule has 5 heteroatoms. The summed E-state index contributed by atoms with van der Waals surface area (Å²) in [5, 5.41) is 13.4. The van der Waals surface area contributed by atoms with Gasteiger partial charge in [-0.3, -0.25) is 9.59 Å². The molecule has 2 aromatic carbocycles. The molecule has 0 aromatic heterocycles. The van der Waals surface area contributed by atoms with Crippen LogP contribution in [0.3, 0.4) is 0 Å². The predicted octanol–water partition coefficient (Wildman–Crippen LogP) is 3.42. The van der Waals surface area contributed by atoms with Crippen LogP contribution in [0, 0.1) is 0 Å². The third-order valence-corrected chi connectivity index (χ3v) is 4.64. The van der Waals surface area contributed by atoms with Crippen LogP contribution in [-0.2, 0) is 16.8 Å². The van der Waals surface area contributed by atoms with Gasteiger partial charge in [0.05, 0.1) is 6.42 Å². The lowest BCUT2D eigenvalue weighted by molar-refractivity contribution is -0.133. The van der Waals surface area contributed by atoms with Crippen LogP contribution < -0.4 is 5.32 Å². The van der Waals surface area contributed by atoms with Crippen molar-refractivity contribution >= 4 is 33.3 Å². The molecule has 1 aliphatic rings. The van der Waals surface area contributed by atoms with Gasteiger partial charge < -0.3 is 10.4 Å². The highest BCUT2D eigenvalue weighted by Crippen LogP contribution is 2.40. The molecule has 0 radical (unpaired) electrons. The van der Waals surface area contributed by atoms with Crippen LogP contribution in [0.4, 0.5) is 5.69 Å². The zero-order chi connectivity index (χ0) is 16.6. The number of hydrogen-bond donors (Lipinski definition) is 2. The van der Waals surface area contributed by atoms with Crippen molar-refractivity contribution in [1.29, 1.82) is 0 Å². The lowest BCUT2D eigenvalue weighted by atomic mass is 9.88. The number of Topliss-reactive ketones (excluding diaryl/α,β-unsaturated/α-hetero) is 1. The van der Waals surface area contributed by atoms with Crippen LogP contribution in [0.5, 0.6) is 0 Å². The first-order valence-electron chi connectivity index (χ1n) is 7.40. The van der Waals surface area contributed by atoms with Gasteiger partial charge in [-0.1, -0.05) is 47.1 Å². The van der Waals surface area contributed by atoms with Crippen LogP contribution in [0.15, 0.2) is 46.9 Å². The Morgan fingerprint density at radius 1 is 1.22 bits per heavy atom. The van der Waals surface area contributed by atoms with Gasteiger partial charge >= 0.3 is 0 Å². The number of hydrogen-bond acceptors (Lipinski definition) is 3. The molecule has 2 N–H and O–H groups in total. The smallest absolute Gasteiger partial charge is 0.261 e. The van der Waals surface area contributed by atoms with E-state index in [1.165, 1.54) is 0 Å². The highest BCUT2D eigenvalue weighted by molar-refractivity contribution is 9.10. The van der Waals surface area contributed by atoms with E-state index in [1.807, 2.05) is 19.1 Å². The van der Waals surface area contributed by atoms with Gasteiger partial charge in [-0.25, -0.2) is 0 Å². The Kier molecular flexibility index (Phi) is 4.08. The SMILES string of the molecule is CCc1ccc(C(=O)C[C@@]2(O)C(=O)Nc3ccc(Br)cc32)cc1. The van der Waals surface area contributed by atoms with Gasteiger partial charge in [-0.05, 0) is 30.2 Å². The van der Waals surface area contributed by atoms with Gasteiger partial charge in [-0.15, -0.1) is 0 Å². The summed E-state index contributed by atoms with van der Waals surface area (Å²) >= 11 is 3.33. The molecule has 1 heterocycles. The van der Waals surface area contributed by atoms with Crippen molar-refractivity contribution < 1.29 is 14.7 Å². The van der Waals surface area contributed by atoms with E-state index in [2.05, 4.69) is 21.2 Å². The Labute approximate surface area is 142 Å². The average molecular weight is 374 g/mol. The number of amides is 1. The van der Waals surface area contributed by atoms with E-state index >= 15 is 0 Å². The van der Waals surface area contributed by atoms with Gasteiger partial charge in [0.15, 0.2) is 11.4 Å². The minimum atomic E-state index is -1.83. The average Bonchev–Trinajstić information content (AvgIpc) is 2.79. The van der Waals surface area contributed by atoms with E-state index < -0.39 is 11.5 Å². The van der Waals surface area contributed by atoms with Crippen LogP contribution in [0.2, 0.25) is 0 Å². The highest BCUT2D eigenvalue weighted by atomic mass is 79.9. The Morgan fingerprint density at radius 2 is 1.91 bits per heavy atom. The quantitative estimate of drug-likeness (QED) is 0.806. The summed E-state index contributed by atoms with van der Waals surface area (Å²) in [6, 6.07) is 12.4. The molecule has 1 atom stereocenters. The topological polar surface area (TPSA) is 66.4 Å². The van der Waals surface area contributed by atoms with Crippen molar-refractivity contribution in [3.05, 3.63) is 63.6 Å². The first kappa shape index (κ1) is 15.9. The van der Waals surface area contributed by atoms with Gasteiger partial charge in [-0.2, -0.15) is 0 Å². The number of carbonyl (C=O) groups excluding carboxylic acids is 2. The van der Waals surface area contributed by atoms with Crippen LogP contribution >= 0.6 is 15.9 Å². The van der Waals surface area contributed by atoms with E-state index in [-0.39, 0.29) is 12.2 Å². The Morgan fingerprint density at radius 3 is 2.57 bits per heavy atom. The van der Waals surface area contributed by atoms with Crippen molar-refractivity contribution in [3.63, 3.8) is 0 Å². The molecule has 0 spiro atoms. The summed E-state index contributed by atoms with van der Waals surface area (Å²) in [4.78, 5) is 24.7. The number of nitrogens with one attached hydrogen (secondary N) is 1. The van der Waals surface area contributed by atoms with Crippen LogP contribution in [-0.4, -0.2) is 16.8 Å². The first-order chi connectivity index (χ1) is 10.9. The summed E-state index contributed by atoms with van der Waals surface area (Å²) in [5.74, 6) is -0.831. The Hall–Kier alpha value is -1.98. The second-order valence-corrected chi connectivity index (χ2v) is 6.57. The molecule has 118 valence electrons. The molecule has 4 nitrogen and oxygen atoms in total. The van der Waals surface area contributed by atoms with Gasteiger partial charge in [0.2, 0.25) is 0 Å². The number of carbonyl (C=O) groups is 2. The van der Waals surface area contributed by atoms with Crippen LogP contribution in [0.1, 0.15) is 34.8 Å². The first-order valence-corrected chi connectivity index (χ1v) is 8.19. The number of anilines is 1. The second-order valence-electron chi connectivity index (χ2n) is 5.65. The Balaban J connectivity index is 1.90. The van der Waals surface area contributed by atoms with Crippen molar-refractivity contribution in [2.45, 2.75) is 25.4 Å². The molecule has 1 aliphatic heterocycles. The third kappa shape index (κ3) is 2.82. The van der Waals surface area contributed by atoms with E-state index in [0.29, 0.717) is 16.8 Å². The lowest BCUT2D eigenvalue weighted by Crippen LogP contribution is -2.36. The number of fused-ring (bicyclic) bond motifs is 1. The zero-order valence-electron chi connectivity index (χ0n) is 12.6. The number of rotatable bonds is 4. The molecule has 0 fully saturated rings. The minimum Gasteiger partial charge on any atom is -0.375 e. The fraction of sp³-hybridized carbons (Fsp3) is 0.222. The minimum absolute atomic E-state index is 0.266. The van der Waals surface area contributed by atoms with Gasteiger partial charge in [0, 0.05) is 21.3 Å². The van der Waals surface area contributed by atoms with E-state index in [9.17, 15) is 14.7 Å². The van der Waals surface area contributed by atoms with E-state index in [0.717, 1.165) is 16.5 Å². The molecule has 23 heavy (non-hydrogen) atoms. The van der Waals surface area contributed by atoms with Gasteiger partial charge in [0.25, 0.3) is 5.91 Å². The number of aliphatic hydroxyl groups is 1. The maximum absolute atomic E-state index is 12.5. The molecule has 3 rings (SSSR count). The molecule has 0 saturated heterocycles. The summed E-state index contributed by atoms with van der Waals surface area (Å²) in [7, 11) is 0. The number of aryl methyl sites for hydroxylation is 1. The molecular formula is C18H16BrNO3. The zero-order valence-corrected chi connectivity index (χ0v) is 14.2. The normalized spacial score (nSPS) is 19.3. The standard InChI is InChI=1S/C18H16BrNO3/c1-2-11-3-5-12(6-4-11)16(21)10-18(23)14-9-13(19)7-8-15(14)20-17(18)22/h3-9,23H,2,10H2,1H3,(H,20,22)/t18-/m0/s1. The van der Waals surface area contributed by atoms with Crippen molar-refractivity contribution in [3.8, 4) is 0 Å². The molecule has 0 aliphatic carbocycles. The third-order valence-electron chi connectivity index (χ3n) is 4.15. The molecule has 0 unspecified atom stereocenters. The lowest BCUT2D eigenvalue weighted by Gasteiger charge is -2.20. The van der Waals surface area contributed by atoms with Gasteiger partial charge in [0.1, 0.15) is 0 Å². The largest absolute Gasteiger partial charge is 0.375 e. The predicted molar refractivity (Wildman–Crippen MR) is 91.4 cm³/mol. The van der Waals surface area contributed by atoms with Crippen LogP contribution in [0.25, 0.3) is 0 Å². The summed E-state index contributed by atoms with van der Waals surface area (Å²) < 4.78 is 0.742. The number of ketones is 1. The van der Waals surface area contributed by atoms with Crippen molar-refractivity contribution in [2.24, 2.45) is 0 Å². The maximum Gasteiger partial charge on any atom is 0.261 e. The number of benzene rings is 2. The van der Waals surface area contributed by atoms with E-state index in [1.54, 1.807) is 30.3 Å².